The number of benzene rings is 1. The topological polar surface area (TPSA) is 92.7 Å². The highest BCUT2D eigenvalue weighted by Crippen LogP contribution is 2.07. The first kappa shape index (κ1) is 15.7. The van der Waals surface area contributed by atoms with Crippen molar-refractivity contribution in [2.24, 2.45) is 5.92 Å². The molecule has 0 fully saturated rings. The van der Waals surface area contributed by atoms with Gasteiger partial charge in [-0.2, -0.15) is 0 Å². The Bertz CT molecular complexity index is 460. The lowest BCUT2D eigenvalue weighted by Gasteiger charge is -2.19. The van der Waals surface area contributed by atoms with Crippen LogP contribution in [0.25, 0.3) is 0 Å². The van der Waals surface area contributed by atoms with Gasteiger partial charge in [-0.25, -0.2) is 4.79 Å². The van der Waals surface area contributed by atoms with E-state index >= 15 is 0 Å². The molecule has 0 heterocycles. The summed E-state index contributed by atoms with van der Waals surface area (Å²) in [5, 5.41) is 11.3. The van der Waals surface area contributed by atoms with Crippen molar-refractivity contribution in [1.29, 1.82) is 0 Å². The molecule has 2 atom stereocenters. The van der Waals surface area contributed by atoms with Crippen molar-refractivity contribution in [3.8, 4) is 0 Å². The maximum Gasteiger partial charge on any atom is 0.407 e. The molecule has 1 aromatic carbocycles. The van der Waals surface area contributed by atoms with E-state index in [9.17, 15) is 14.4 Å². The molecule has 1 aromatic rings. The molecule has 108 valence electrons. The molecule has 6 heteroatoms. The third-order valence-corrected chi connectivity index (χ3v) is 2.86. The number of carboxylic acid groups (broad SMARTS) is 1. The molecule has 1 amide bonds. The second-order valence-electron chi connectivity index (χ2n) is 4.34. The molecule has 0 saturated heterocycles. The Morgan fingerprint density at radius 1 is 1.35 bits per heavy atom. The van der Waals surface area contributed by atoms with Crippen LogP contribution in [0, 0.1) is 5.92 Å². The standard InChI is InChI=1S/C14H17NO5/c1-10(13(17)18)12(7-8-16)15-14(19)20-9-11-5-3-2-4-6-11/h2-6,8,10,12H,7,9H2,1H3,(H,15,19)(H,17,18). The van der Waals surface area contributed by atoms with Crippen LogP contribution in [-0.4, -0.2) is 29.5 Å². The lowest BCUT2D eigenvalue weighted by Crippen LogP contribution is -2.42. The van der Waals surface area contributed by atoms with Crippen LogP contribution in [0.3, 0.4) is 0 Å². The quantitative estimate of drug-likeness (QED) is 0.739. The van der Waals surface area contributed by atoms with E-state index in [1.54, 1.807) is 12.1 Å². The molecular weight excluding hydrogens is 262 g/mol. The molecule has 0 radical (unpaired) electrons. The van der Waals surface area contributed by atoms with Gasteiger partial charge in [0.25, 0.3) is 0 Å². The first-order valence-electron chi connectivity index (χ1n) is 6.18. The minimum atomic E-state index is -1.08. The van der Waals surface area contributed by atoms with Crippen LogP contribution in [0.15, 0.2) is 30.3 Å². The molecule has 0 spiro atoms. The Balaban J connectivity index is 2.49. The van der Waals surface area contributed by atoms with E-state index in [0.29, 0.717) is 6.29 Å². The summed E-state index contributed by atoms with van der Waals surface area (Å²) in [7, 11) is 0. The van der Waals surface area contributed by atoms with Gasteiger partial charge in [0, 0.05) is 6.42 Å². The zero-order valence-corrected chi connectivity index (χ0v) is 11.1. The molecule has 20 heavy (non-hydrogen) atoms. The number of aliphatic carboxylic acids is 1. The Labute approximate surface area is 116 Å². The van der Waals surface area contributed by atoms with Gasteiger partial charge in [-0.05, 0) is 12.5 Å². The second-order valence-corrected chi connectivity index (χ2v) is 4.34. The predicted molar refractivity (Wildman–Crippen MR) is 71.0 cm³/mol. The van der Waals surface area contributed by atoms with Gasteiger partial charge in [0.05, 0.1) is 12.0 Å². The van der Waals surface area contributed by atoms with Crippen LogP contribution in [0.1, 0.15) is 18.9 Å². The zero-order chi connectivity index (χ0) is 15.0. The van der Waals surface area contributed by atoms with Gasteiger partial charge >= 0.3 is 12.1 Å². The summed E-state index contributed by atoms with van der Waals surface area (Å²) in [5.41, 5.74) is 0.820. The maximum absolute atomic E-state index is 11.6. The van der Waals surface area contributed by atoms with Gasteiger partial charge in [0.1, 0.15) is 12.9 Å². The average Bonchev–Trinajstić information content (AvgIpc) is 2.45. The third-order valence-electron chi connectivity index (χ3n) is 2.86. The summed E-state index contributed by atoms with van der Waals surface area (Å²) in [5.74, 6) is -1.95. The van der Waals surface area contributed by atoms with Gasteiger partial charge < -0.3 is 20.0 Å². The molecule has 0 aliphatic carbocycles. The molecule has 0 aromatic heterocycles. The van der Waals surface area contributed by atoms with Crippen LogP contribution >= 0.6 is 0 Å². The summed E-state index contributed by atoms with van der Waals surface area (Å²) in [6.07, 6.45) is -0.246. The number of rotatable bonds is 7. The lowest BCUT2D eigenvalue weighted by atomic mass is 10.00. The number of amides is 1. The highest BCUT2D eigenvalue weighted by Gasteiger charge is 2.25. The van der Waals surface area contributed by atoms with Crippen molar-refractivity contribution in [1.82, 2.24) is 5.32 Å². The van der Waals surface area contributed by atoms with Crippen LogP contribution in [0.4, 0.5) is 4.79 Å². The number of nitrogens with one attached hydrogen (secondary N) is 1. The molecule has 0 aliphatic heterocycles. The molecule has 2 unspecified atom stereocenters. The second kappa shape index (κ2) is 7.93. The molecule has 6 nitrogen and oxygen atoms in total. The summed E-state index contributed by atoms with van der Waals surface area (Å²) >= 11 is 0. The SMILES string of the molecule is CC(C(=O)O)C(CC=O)NC(=O)OCc1ccccc1. The van der Waals surface area contributed by atoms with E-state index in [2.05, 4.69) is 5.32 Å². The van der Waals surface area contributed by atoms with Gasteiger partial charge in [0.15, 0.2) is 0 Å². The van der Waals surface area contributed by atoms with Crippen molar-refractivity contribution < 1.29 is 24.2 Å². The Morgan fingerprint density at radius 2 is 2.00 bits per heavy atom. The van der Waals surface area contributed by atoms with E-state index in [1.807, 2.05) is 18.2 Å². The first-order valence-corrected chi connectivity index (χ1v) is 6.18. The number of aldehydes is 1. The summed E-state index contributed by atoms with van der Waals surface area (Å²) in [6.45, 7) is 1.51. The average molecular weight is 279 g/mol. The van der Waals surface area contributed by atoms with Gasteiger partial charge in [-0.1, -0.05) is 30.3 Å². The summed E-state index contributed by atoms with van der Waals surface area (Å²) < 4.78 is 4.98. The largest absolute Gasteiger partial charge is 0.481 e. The lowest BCUT2D eigenvalue weighted by molar-refractivity contribution is -0.142. The Morgan fingerprint density at radius 3 is 2.55 bits per heavy atom. The monoisotopic (exact) mass is 279 g/mol. The van der Waals surface area contributed by atoms with Gasteiger partial charge in [-0.15, -0.1) is 0 Å². The van der Waals surface area contributed by atoms with E-state index in [1.165, 1.54) is 6.92 Å². The number of carboxylic acids is 1. The highest BCUT2D eigenvalue weighted by molar-refractivity contribution is 5.74. The van der Waals surface area contributed by atoms with Crippen LogP contribution in [-0.2, 0) is 20.9 Å². The maximum atomic E-state index is 11.6. The van der Waals surface area contributed by atoms with Crippen molar-refractivity contribution >= 4 is 18.3 Å². The zero-order valence-electron chi connectivity index (χ0n) is 11.1. The number of hydrogen-bond donors (Lipinski definition) is 2. The molecule has 0 aliphatic rings. The van der Waals surface area contributed by atoms with E-state index in [0.717, 1.165) is 5.56 Å². The molecule has 1 rings (SSSR count). The first-order chi connectivity index (χ1) is 9.54. The van der Waals surface area contributed by atoms with Gasteiger partial charge in [0.2, 0.25) is 0 Å². The molecule has 0 saturated carbocycles. The number of hydrogen-bond acceptors (Lipinski definition) is 4. The van der Waals surface area contributed by atoms with Crippen molar-refractivity contribution in [3.05, 3.63) is 35.9 Å². The number of alkyl carbamates (subject to hydrolysis) is 1. The fourth-order valence-electron chi connectivity index (χ4n) is 1.58. The Hall–Kier alpha value is -2.37. The van der Waals surface area contributed by atoms with Crippen molar-refractivity contribution in [2.75, 3.05) is 0 Å². The van der Waals surface area contributed by atoms with Crippen molar-refractivity contribution in [3.63, 3.8) is 0 Å². The number of carbonyl (C=O) groups is 3. The summed E-state index contributed by atoms with van der Waals surface area (Å²) in [4.78, 5) is 33.0. The third kappa shape index (κ3) is 5.09. The fourth-order valence-corrected chi connectivity index (χ4v) is 1.58. The van der Waals surface area contributed by atoms with E-state index < -0.39 is 24.0 Å². The van der Waals surface area contributed by atoms with Crippen LogP contribution < -0.4 is 5.32 Å². The summed E-state index contributed by atoms with van der Waals surface area (Å²) in [6, 6.07) is 8.30. The van der Waals surface area contributed by atoms with Crippen molar-refractivity contribution in [2.45, 2.75) is 26.0 Å². The van der Waals surface area contributed by atoms with Crippen LogP contribution in [0.2, 0.25) is 0 Å². The minimum Gasteiger partial charge on any atom is -0.481 e. The minimum absolute atomic E-state index is 0.0755. The molecule has 2 N–H and O–H groups in total. The van der Waals surface area contributed by atoms with E-state index in [4.69, 9.17) is 9.84 Å². The van der Waals surface area contributed by atoms with Crippen LogP contribution in [0.5, 0.6) is 0 Å². The highest BCUT2D eigenvalue weighted by atomic mass is 16.5. The fraction of sp³-hybridized carbons (Fsp3) is 0.357. The molecular formula is C14H17NO5. The Kier molecular flexibility index (Phi) is 6.22. The molecule has 0 bridgehead atoms. The van der Waals surface area contributed by atoms with Gasteiger partial charge in [-0.3, -0.25) is 4.79 Å². The predicted octanol–water partition coefficient (Wildman–Crippen LogP) is 1.59. The smallest absolute Gasteiger partial charge is 0.407 e. The number of carbonyl (C=O) groups excluding carboxylic acids is 2. The normalized spacial score (nSPS) is 13.1. The number of ether oxygens (including phenoxy) is 1. The van der Waals surface area contributed by atoms with E-state index in [-0.39, 0.29) is 13.0 Å².